The SMILES string of the molecule is Cc1ccc2c(Cl)cc(C(Cl)(Cl)Cl)nc2c1. The van der Waals surface area contributed by atoms with Gasteiger partial charge < -0.3 is 0 Å². The highest BCUT2D eigenvalue weighted by Gasteiger charge is 2.25. The Balaban J connectivity index is 2.75. The van der Waals surface area contributed by atoms with Crippen molar-refractivity contribution in [1.82, 2.24) is 4.98 Å². The number of aromatic nitrogens is 1. The predicted octanol–water partition coefficient (Wildman–Crippen LogP) is 5.02. The van der Waals surface area contributed by atoms with E-state index < -0.39 is 3.79 Å². The Morgan fingerprint density at radius 1 is 1.12 bits per heavy atom. The van der Waals surface area contributed by atoms with Crippen LogP contribution in [0.1, 0.15) is 11.3 Å². The topological polar surface area (TPSA) is 12.9 Å². The van der Waals surface area contributed by atoms with Gasteiger partial charge in [-0.1, -0.05) is 58.5 Å². The van der Waals surface area contributed by atoms with Crippen LogP contribution in [0.2, 0.25) is 5.02 Å². The van der Waals surface area contributed by atoms with Crippen molar-refractivity contribution < 1.29 is 0 Å². The molecule has 0 fully saturated rings. The van der Waals surface area contributed by atoms with Gasteiger partial charge in [0.25, 0.3) is 0 Å². The minimum atomic E-state index is -1.55. The standard InChI is InChI=1S/C11H7Cl4N/c1-6-2-3-7-8(12)5-10(11(13,14)15)16-9(7)4-6/h2-5H,1H3. The molecule has 0 amide bonds. The summed E-state index contributed by atoms with van der Waals surface area (Å²) in [6.07, 6.45) is 0. The molecule has 0 radical (unpaired) electrons. The average molecular weight is 295 g/mol. The monoisotopic (exact) mass is 293 g/mol. The molecule has 0 saturated carbocycles. The van der Waals surface area contributed by atoms with Crippen LogP contribution in [0.5, 0.6) is 0 Å². The normalized spacial score (nSPS) is 12.1. The molecule has 0 aliphatic heterocycles. The molecule has 0 N–H and O–H groups in total. The van der Waals surface area contributed by atoms with Crippen LogP contribution in [0.3, 0.4) is 0 Å². The maximum Gasteiger partial charge on any atom is 0.232 e. The van der Waals surface area contributed by atoms with Crippen molar-refractivity contribution in [2.24, 2.45) is 0 Å². The number of aryl methyl sites for hydroxylation is 1. The second kappa shape index (κ2) is 4.23. The smallest absolute Gasteiger partial charge is 0.232 e. The van der Waals surface area contributed by atoms with Gasteiger partial charge in [0.1, 0.15) is 0 Å². The predicted molar refractivity (Wildman–Crippen MR) is 70.7 cm³/mol. The molecule has 0 unspecified atom stereocenters. The van der Waals surface area contributed by atoms with E-state index in [0.29, 0.717) is 10.7 Å². The van der Waals surface area contributed by atoms with Crippen LogP contribution in [-0.2, 0) is 3.79 Å². The van der Waals surface area contributed by atoms with E-state index in [-0.39, 0.29) is 0 Å². The summed E-state index contributed by atoms with van der Waals surface area (Å²) in [5.74, 6) is 0. The molecular weight excluding hydrogens is 288 g/mol. The number of nitrogens with zero attached hydrogens (tertiary/aromatic N) is 1. The van der Waals surface area contributed by atoms with Gasteiger partial charge in [0.2, 0.25) is 3.79 Å². The summed E-state index contributed by atoms with van der Waals surface area (Å²) in [7, 11) is 0. The van der Waals surface area contributed by atoms with Crippen molar-refractivity contribution in [3.8, 4) is 0 Å². The van der Waals surface area contributed by atoms with Gasteiger partial charge in [-0.2, -0.15) is 0 Å². The molecule has 5 heteroatoms. The van der Waals surface area contributed by atoms with E-state index in [1.54, 1.807) is 6.07 Å². The van der Waals surface area contributed by atoms with E-state index in [0.717, 1.165) is 16.5 Å². The first kappa shape index (κ1) is 12.3. The summed E-state index contributed by atoms with van der Waals surface area (Å²) in [5, 5.41) is 1.39. The van der Waals surface area contributed by atoms with Gasteiger partial charge in [-0.3, -0.25) is 0 Å². The molecule has 2 rings (SSSR count). The van der Waals surface area contributed by atoms with E-state index in [1.807, 2.05) is 25.1 Å². The Bertz CT molecular complexity index is 545. The molecule has 0 aliphatic rings. The molecular formula is C11H7Cl4N. The van der Waals surface area contributed by atoms with Crippen LogP contribution in [-0.4, -0.2) is 4.98 Å². The minimum Gasteiger partial charge on any atom is -0.248 e. The van der Waals surface area contributed by atoms with Gasteiger partial charge in [-0.25, -0.2) is 4.98 Å². The van der Waals surface area contributed by atoms with Crippen LogP contribution in [0.4, 0.5) is 0 Å². The Hall–Kier alpha value is -0.210. The third-order valence-electron chi connectivity index (χ3n) is 2.21. The number of pyridine rings is 1. The van der Waals surface area contributed by atoms with E-state index in [1.165, 1.54) is 0 Å². The first-order valence-electron chi connectivity index (χ1n) is 4.52. The van der Waals surface area contributed by atoms with Gasteiger partial charge in [0, 0.05) is 5.39 Å². The Labute approximate surface area is 113 Å². The van der Waals surface area contributed by atoms with Gasteiger partial charge in [0.05, 0.1) is 16.2 Å². The van der Waals surface area contributed by atoms with Crippen molar-refractivity contribution in [3.05, 3.63) is 40.5 Å². The average Bonchev–Trinajstić information content (AvgIpc) is 2.15. The molecule has 84 valence electrons. The highest BCUT2D eigenvalue weighted by molar-refractivity contribution is 6.66. The third kappa shape index (κ3) is 2.38. The number of rotatable bonds is 0. The quantitative estimate of drug-likeness (QED) is 0.622. The molecule has 1 heterocycles. The minimum absolute atomic E-state index is 0.334. The Morgan fingerprint density at radius 2 is 1.81 bits per heavy atom. The van der Waals surface area contributed by atoms with Crippen molar-refractivity contribution in [1.29, 1.82) is 0 Å². The van der Waals surface area contributed by atoms with Crippen LogP contribution in [0.25, 0.3) is 10.9 Å². The lowest BCUT2D eigenvalue weighted by atomic mass is 10.1. The summed E-state index contributed by atoms with van der Waals surface area (Å²) in [4.78, 5) is 4.29. The molecule has 0 spiro atoms. The van der Waals surface area contributed by atoms with Crippen LogP contribution in [0.15, 0.2) is 24.3 Å². The number of halogens is 4. The zero-order valence-corrected chi connectivity index (χ0v) is 11.3. The van der Waals surface area contributed by atoms with E-state index >= 15 is 0 Å². The number of benzene rings is 1. The zero-order valence-electron chi connectivity index (χ0n) is 8.27. The van der Waals surface area contributed by atoms with Crippen molar-refractivity contribution in [2.75, 3.05) is 0 Å². The fourth-order valence-corrected chi connectivity index (χ4v) is 1.99. The number of hydrogen-bond donors (Lipinski definition) is 0. The molecule has 0 aliphatic carbocycles. The summed E-state index contributed by atoms with van der Waals surface area (Å²) < 4.78 is -1.55. The highest BCUT2D eigenvalue weighted by atomic mass is 35.6. The van der Waals surface area contributed by atoms with Crippen molar-refractivity contribution in [2.45, 2.75) is 10.7 Å². The molecule has 1 aromatic heterocycles. The maximum absolute atomic E-state index is 6.10. The maximum atomic E-state index is 6.10. The summed E-state index contributed by atoms with van der Waals surface area (Å²) >= 11 is 23.4. The number of fused-ring (bicyclic) bond motifs is 1. The second-order valence-electron chi connectivity index (χ2n) is 3.51. The van der Waals surface area contributed by atoms with Crippen molar-refractivity contribution in [3.63, 3.8) is 0 Å². The lowest BCUT2D eigenvalue weighted by Crippen LogP contribution is -2.03. The molecule has 16 heavy (non-hydrogen) atoms. The van der Waals surface area contributed by atoms with E-state index in [4.69, 9.17) is 46.4 Å². The first-order chi connectivity index (χ1) is 7.38. The summed E-state index contributed by atoms with van der Waals surface area (Å²) in [5.41, 5.74) is 2.15. The summed E-state index contributed by atoms with van der Waals surface area (Å²) in [6.45, 7) is 1.97. The lowest BCUT2D eigenvalue weighted by molar-refractivity contribution is 1.12. The molecule has 1 nitrogen and oxygen atoms in total. The van der Waals surface area contributed by atoms with E-state index in [9.17, 15) is 0 Å². The molecule has 0 atom stereocenters. The highest BCUT2D eigenvalue weighted by Crippen LogP contribution is 2.39. The largest absolute Gasteiger partial charge is 0.248 e. The number of hydrogen-bond acceptors (Lipinski definition) is 1. The zero-order chi connectivity index (χ0) is 11.9. The molecule has 0 bridgehead atoms. The van der Waals surface area contributed by atoms with Crippen LogP contribution in [0, 0.1) is 6.92 Å². The van der Waals surface area contributed by atoms with E-state index in [2.05, 4.69) is 4.98 Å². The van der Waals surface area contributed by atoms with Crippen molar-refractivity contribution >= 4 is 57.3 Å². The first-order valence-corrected chi connectivity index (χ1v) is 6.03. The van der Waals surface area contributed by atoms with Crippen LogP contribution >= 0.6 is 46.4 Å². The van der Waals surface area contributed by atoms with Gasteiger partial charge in [0.15, 0.2) is 0 Å². The lowest BCUT2D eigenvalue weighted by Gasteiger charge is -2.12. The Kier molecular flexibility index (Phi) is 3.24. The van der Waals surface area contributed by atoms with Gasteiger partial charge >= 0.3 is 0 Å². The molecule has 2 aromatic rings. The molecule has 1 aromatic carbocycles. The van der Waals surface area contributed by atoms with Gasteiger partial charge in [-0.05, 0) is 24.6 Å². The Morgan fingerprint density at radius 3 is 2.44 bits per heavy atom. The molecule has 0 saturated heterocycles. The van der Waals surface area contributed by atoms with Crippen LogP contribution < -0.4 is 0 Å². The number of alkyl halides is 3. The third-order valence-corrected chi connectivity index (χ3v) is 3.10. The summed E-state index contributed by atoms with van der Waals surface area (Å²) in [6, 6.07) is 7.35. The van der Waals surface area contributed by atoms with Gasteiger partial charge in [-0.15, -0.1) is 0 Å². The fraction of sp³-hybridized carbons (Fsp3) is 0.182. The fourth-order valence-electron chi connectivity index (χ4n) is 1.44. The second-order valence-corrected chi connectivity index (χ2v) is 6.20.